The molecule has 0 radical (unpaired) electrons. The molecule has 3 N–H and O–H groups in total. The van der Waals surface area contributed by atoms with E-state index in [0.717, 1.165) is 16.8 Å². The van der Waals surface area contributed by atoms with E-state index >= 15 is 0 Å². The molecule has 1 unspecified atom stereocenters. The first-order valence-corrected chi connectivity index (χ1v) is 9.37. The summed E-state index contributed by atoms with van der Waals surface area (Å²) < 4.78 is 0. The quantitative estimate of drug-likeness (QED) is 0.699. The van der Waals surface area contributed by atoms with Gasteiger partial charge in [0.1, 0.15) is 0 Å². The van der Waals surface area contributed by atoms with Crippen LogP contribution in [-0.2, 0) is 11.2 Å². The molecular weight excluding hydrogens is 344 g/mol. The minimum Gasteiger partial charge on any atom is -0.375 e. The van der Waals surface area contributed by atoms with Gasteiger partial charge in [-0.15, -0.1) is 11.3 Å². The van der Waals surface area contributed by atoms with Crippen LogP contribution in [0, 0.1) is 13.8 Å². The van der Waals surface area contributed by atoms with Crippen LogP contribution >= 0.6 is 11.3 Å². The molecule has 5 nitrogen and oxygen atoms in total. The van der Waals surface area contributed by atoms with Gasteiger partial charge in [-0.25, -0.2) is 4.98 Å². The van der Waals surface area contributed by atoms with Crippen molar-refractivity contribution < 1.29 is 4.79 Å². The molecule has 26 heavy (non-hydrogen) atoms. The summed E-state index contributed by atoms with van der Waals surface area (Å²) in [4.78, 5) is 21.0. The van der Waals surface area contributed by atoms with E-state index in [-0.39, 0.29) is 11.9 Å². The first-order valence-electron chi connectivity index (χ1n) is 8.49. The molecule has 0 saturated carbocycles. The molecule has 2 heterocycles. The molecule has 0 saturated heterocycles. The molecule has 0 aliphatic heterocycles. The average Bonchev–Trinajstić information content (AvgIpc) is 3.06. The predicted molar refractivity (Wildman–Crippen MR) is 105 cm³/mol. The Labute approximate surface area is 157 Å². The van der Waals surface area contributed by atoms with Crippen molar-refractivity contribution in [3.8, 4) is 0 Å². The zero-order chi connectivity index (χ0) is 18.5. The number of anilines is 1. The zero-order valence-electron chi connectivity index (χ0n) is 14.9. The van der Waals surface area contributed by atoms with Gasteiger partial charge in [0.2, 0.25) is 5.91 Å². The van der Waals surface area contributed by atoms with Gasteiger partial charge in [-0.05, 0) is 48.6 Å². The number of amides is 1. The lowest BCUT2D eigenvalue weighted by Crippen LogP contribution is -2.29. The van der Waals surface area contributed by atoms with E-state index in [9.17, 15) is 4.79 Å². The lowest BCUT2D eigenvalue weighted by atomic mass is 9.96. The van der Waals surface area contributed by atoms with E-state index < -0.39 is 0 Å². The van der Waals surface area contributed by atoms with E-state index in [1.54, 1.807) is 12.4 Å². The highest BCUT2D eigenvalue weighted by atomic mass is 32.1. The van der Waals surface area contributed by atoms with Crippen LogP contribution in [0.25, 0.3) is 0 Å². The molecule has 6 heteroatoms. The number of nitrogens with zero attached hydrogens (tertiary/aromatic N) is 2. The van der Waals surface area contributed by atoms with Crippen molar-refractivity contribution >= 4 is 22.4 Å². The van der Waals surface area contributed by atoms with Crippen molar-refractivity contribution in [1.29, 1.82) is 0 Å². The number of rotatable bonds is 6. The Balaban J connectivity index is 1.77. The highest BCUT2D eigenvalue weighted by molar-refractivity contribution is 7.13. The second-order valence-electron chi connectivity index (χ2n) is 6.31. The van der Waals surface area contributed by atoms with Crippen LogP contribution < -0.4 is 11.1 Å². The van der Waals surface area contributed by atoms with Crippen molar-refractivity contribution in [2.45, 2.75) is 32.7 Å². The highest BCUT2D eigenvalue weighted by Gasteiger charge is 2.18. The number of hydrogen-bond acceptors (Lipinski definition) is 5. The molecule has 1 aromatic carbocycles. The number of nitrogens with two attached hydrogens (primary N) is 1. The fourth-order valence-corrected chi connectivity index (χ4v) is 3.36. The fraction of sp³-hybridized carbons (Fsp3) is 0.250. The van der Waals surface area contributed by atoms with E-state index in [4.69, 9.17) is 5.73 Å². The van der Waals surface area contributed by atoms with Crippen molar-refractivity contribution in [1.82, 2.24) is 15.3 Å². The van der Waals surface area contributed by atoms with E-state index in [1.165, 1.54) is 22.5 Å². The maximum atomic E-state index is 12.5. The van der Waals surface area contributed by atoms with Crippen LogP contribution in [0.2, 0.25) is 0 Å². The second kappa shape index (κ2) is 8.10. The summed E-state index contributed by atoms with van der Waals surface area (Å²) in [6.45, 7) is 4.16. The number of carbonyl (C=O) groups excluding carboxylic acids is 1. The maximum Gasteiger partial charge on any atom is 0.221 e. The highest BCUT2D eigenvalue weighted by Crippen LogP contribution is 2.24. The fourth-order valence-electron chi connectivity index (χ4n) is 2.76. The molecule has 3 aromatic rings. The van der Waals surface area contributed by atoms with Crippen molar-refractivity contribution in [3.63, 3.8) is 0 Å². The third-order valence-electron chi connectivity index (χ3n) is 4.37. The lowest BCUT2D eigenvalue weighted by Gasteiger charge is -2.20. The zero-order valence-corrected chi connectivity index (χ0v) is 15.7. The topological polar surface area (TPSA) is 80.9 Å². The number of thiazole rings is 1. The van der Waals surface area contributed by atoms with Crippen LogP contribution in [0.15, 0.2) is 48.1 Å². The molecule has 0 spiro atoms. The van der Waals surface area contributed by atoms with Crippen LogP contribution in [0.3, 0.4) is 0 Å². The van der Waals surface area contributed by atoms with E-state index in [1.807, 2.05) is 17.5 Å². The summed E-state index contributed by atoms with van der Waals surface area (Å²) in [6.07, 6.45) is 4.47. The molecule has 0 bridgehead atoms. The molecular formula is C20H22N4OS. The van der Waals surface area contributed by atoms with Crippen molar-refractivity contribution in [2.24, 2.45) is 0 Å². The van der Waals surface area contributed by atoms with Crippen LogP contribution in [-0.4, -0.2) is 15.9 Å². The minimum atomic E-state index is -0.226. The standard InChI is InChI=1S/C20H22N4OS/c1-13-5-6-15(10-14(13)2)19(16-4-3-9-22-11-16)24-18(25)8-7-17-12-26-20(21)23-17/h3-6,9-12,19H,7-8H2,1-2H3,(H2,21,23)(H,24,25). The number of nitrogens with one attached hydrogen (secondary N) is 1. The van der Waals surface area contributed by atoms with Gasteiger partial charge in [-0.2, -0.15) is 0 Å². The second-order valence-corrected chi connectivity index (χ2v) is 7.20. The molecule has 2 aromatic heterocycles. The molecule has 0 aliphatic rings. The van der Waals surface area contributed by atoms with Gasteiger partial charge in [-0.1, -0.05) is 24.3 Å². The molecule has 134 valence electrons. The number of hydrogen-bond donors (Lipinski definition) is 2. The molecule has 0 aliphatic carbocycles. The minimum absolute atomic E-state index is 0.0244. The number of benzene rings is 1. The summed E-state index contributed by atoms with van der Waals surface area (Å²) >= 11 is 1.39. The first-order chi connectivity index (χ1) is 12.5. The summed E-state index contributed by atoms with van der Waals surface area (Å²) in [5.74, 6) is -0.0244. The Morgan fingerprint density at radius 1 is 1.23 bits per heavy atom. The van der Waals surface area contributed by atoms with E-state index in [2.05, 4.69) is 47.3 Å². The van der Waals surface area contributed by atoms with E-state index in [0.29, 0.717) is 18.0 Å². The Bertz CT molecular complexity index is 892. The summed E-state index contributed by atoms with van der Waals surface area (Å²) in [6, 6.07) is 9.90. The predicted octanol–water partition coefficient (Wildman–Crippen LogP) is 3.58. The summed E-state index contributed by atoms with van der Waals surface area (Å²) in [5.41, 5.74) is 10.9. The van der Waals surface area contributed by atoms with Gasteiger partial charge in [-0.3, -0.25) is 9.78 Å². The summed E-state index contributed by atoms with van der Waals surface area (Å²) in [5, 5.41) is 5.56. The van der Waals surface area contributed by atoms with Gasteiger partial charge in [0.25, 0.3) is 0 Å². The first kappa shape index (κ1) is 18.1. The Morgan fingerprint density at radius 2 is 2.08 bits per heavy atom. The molecule has 0 fully saturated rings. The number of pyridine rings is 1. The average molecular weight is 366 g/mol. The largest absolute Gasteiger partial charge is 0.375 e. The monoisotopic (exact) mass is 366 g/mol. The van der Waals surface area contributed by atoms with Gasteiger partial charge in [0.05, 0.1) is 11.7 Å². The number of aromatic nitrogens is 2. The number of nitrogen functional groups attached to an aromatic ring is 1. The summed E-state index contributed by atoms with van der Waals surface area (Å²) in [7, 11) is 0. The third-order valence-corrected chi connectivity index (χ3v) is 5.09. The third kappa shape index (κ3) is 4.46. The van der Waals surface area contributed by atoms with Gasteiger partial charge >= 0.3 is 0 Å². The Morgan fingerprint density at radius 3 is 2.73 bits per heavy atom. The van der Waals surface area contributed by atoms with Crippen molar-refractivity contribution in [3.05, 3.63) is 76.1 Å². The van der Waals surface area contributed by atoms with Gasteiger partial charge in [0.15, 0.2) is 5.13 Å². The molecule has 1 amide bonds. The van der Waals surface area contributed by atoms with Crippen LogP contribution in [0.1, 0.15) is 40.4 Å². The smallest absolute Gasteiger partial charge is 0.221 e. The lowest BCUT2D eigenvalue weighted by molar-refractivity contribution is -0.121. The number of carbonyl (C=O) groups is 1. The molecule has 1 atom stereocenters. The van der Waals surface area contributed by atoms with Crippen molar-refractivity contribution in [2.75, 3.05) is 5.73 Å². The normalized spacial score (nSPS) is 11.9. The van der Waals surface area contributed by atoms with Crippen LogP contribution in [0.4, 0.5) is 5.13 Å². The maximum absolute atomic E-state index is 12.5. The molecule has 3 rings (SSSR count). The van der Waals surface area contributed by atoms with Gasteiger partial charge < -0.3 is 11.1 Å². The SMILES string of the molecule is Cc1ccc(C(NC(=O)CCc2csc(N)n2)c2cccnc2)cc1C. The Kier molecular flexibility index (Phi) is 5.63. The van der Waals surface area contributed by atoms with Gasteiger partial charge in [0, 0.05) is 24.2 Å². The van der Waals surface area contributed by atoms with Crippen LogP contribution in [0.5, 0.6) is 0 Å². The Hall–Kier alpha value is -2.73. The number of aryl methyl sites for hydroxylation is 3.